The molecule has 0 aliphatic carbocycles. The van der Waals surface area contributed by atoms with Gasteiger partial charge < -0.3 is 23.7 Å². The number of carbonyl (C=O) groups excluding carboxylic acids is 3. The summed E-state index contributed by atoms with van der Waals surface area (Å²) < 4.78 is 27.5. The molecule has 1 heterocycles. The van der Waals surface area contributed by atoms with E-state index >= 15 is 0 Å². The number of esters is 3. The largest absolute Gasteiger partial charge is 0.463 e. The van der Waals surface area contributed by atoms with Crippen LogP contribution in [-0.4, -0.2) is 50.1 Å². The van der Waals surface area contributed by atoms with E-state index in [1.807, 2.05) is 12.1 Å². The molecule has 2 rings (SSSR count). The standard InChI is InChI=1S/C20H23BrO8/c1-12(22)26-11-17-9-16(27-13(2)23)10-19(28-17)29-18(20(24)25-3)8-14-4-6-15(21)7-5-14/h4-8,16-17,19H,9-11H2,1-3H3/b18-8-. The number of rotatable bonds is 7. The predicted octanol–water partition coefficient (Wildman–Crippen LogP) is 2.98. The van der Waals surface area contributed by atoms with Gasteiger partial charge in [0.15, 0.2) is 0 Å². The number of carbonyl (C=O) groups is 3. The molecule has 0 N–H and O–H groups in total. The second kappa shape index (κ2) is 11.0. The molecule has 1 saturated heterocycles. The first-order chi connectivity index (χ1) is 13.8. The lowest BCUT2D eigenvalue weighted by Gasteiger charge is -2.34. The van der Waals surface area contributed by atoms with Gasteiger partial charge in [-0.25, -0.2) is 4.79 Å². The molecule has 1 aliphatic heterocycles. The molecule has 0 amide bonds. The van der Waals surface area contributed by atoms with E-state index in [1.165, 1.54) is 27.0 Å². The monoisotopic (exact) mass is 470 g/mol. The van der Waals surface area contributed by atoms with Crippen molar-refractivity contribution in [2.24, 2.45) is 0 Å². The summed E-state index contributed by atoms with van der Waals surface area (Å²) in [6.07, 6.45) is 0.140. The summed E-state index contributed by atoms with van der Waals surface area (Å²) in [6, 6.07) is 7.24. The molecule has 1 aromatic rings. The zero-order chi connectivity index (χ0) is 21.4. The first kappa shape index (κ1) is 22.9. The van der Waals surface area contributed by atoms with Crippen molar-refractivity contribution in [2.75, 3.05) is 13.7 Å². The molecular weight excluding hydrogens is 448 g/mol. The Morgan fingerprint density at radius 1 is 1.10 bits per heavy atom. The highest BCUT2D eigenvalue weighted by Gasteiger charge is 2.34. The van der Waals surface area contributed by atoms with Crippen molar-refractivity contribution in [3.8, 4) is 0 Å². The van der Waals surface area contributed by atoms with Crippen molar-refractivity contribution in [1.82, 2.24) is 0 Å². The molecule has 1 aliphatic rings. The lowest BCUT2D eigenvalue weighted by Crippen LogP contribution is -2.41. The van der Waals surface area contributed by atoms with E-state index in [4.69, 9.17) is 23.7 Å². The van der Waals surface area contributed by atoms with Crippen molar-refractivity contribution < 1.29 is 38.1 Å². The lowest BCUT2D eigenvalue weighted by molar-refractivity contribution is -0.218. The Morgan fingerprint density at radius 3 is 2.38 bits per heavy atom. The van der Waals surface area contributed by atoms with Crippen LogP contribution < -0.4 is 0 Å². The van der Waals surface area contributed by atoms with Crippen LogP contribution in [0.5, 0.6) is 0 Å². The van der Waals surface area contributed by atoms with Crippen molar-refractivity contribution in [2.45, 2.75) is 45.2 Å². The van der Waals surface area contributed by atoms with Crippen LogP contribution in [0.25, 0.3) is 6.08 Å². The van der Waals surface area contributed by atoms with E-state index in [-0.39, 0.29) is 18.8 Å². The second-order valence-electron chi connectivity index (χ2n) is 6.36. The first-order valence-electron chi connectivity index (χ1n) is 8.95. The maximum atomic E-state index is 12.2. The summed E-state index contributed by atoms with van der Waals surface area (Å²) in [5, 5.41) is 0. The summed E-state index contributed by atoms with van der Waals surface area (Å²) in [7, 11) is 1.24. The number of ether oxygens (including phenoxy) is 5. The van der Waals surface area contributed by atoms with E-state index in [9.17, 15) is 14.4 Å². The Bertz CT molecular complexity index is 758. The molecule has 1 fully saturated rings. The highest BCUT2D eigenvalue weighted by atomic mass is 79.9. The SMILES string of the molecule is COC(=O)/C(=C/c1ccc(Br)cc1)OC1CC(OC(C)=O)CC(COC(C)=O)O1. The highest BCUT2D eigenvalue weighted by Crippen LogP contribution is 2.26. The first-order valence-corrected chi connectivity index (χ1v) is 9.74. The minimum atomic E-state index is -0.894. The fraction of sp³-hybridized carbons (Fsp3) is 0.450. The van der Waals surface area contributed by atoms with Crippen LogP contribution in [0.3, 0.4) is 0 Å². The maximum absolute atomic E-state index is 12.2. The van der Waals surface area contributed by atoms with Crippen LogP contribution in [0.1, 0.15) is 32.3 Å². The summed E-state index contributed by atoms with van der Waals surface area (Å²) in [4.78, 5) is 34.6. The molecule has 9 heteroatoms. The van der Waals surface area contributed by atoms with E-state index in [0.29, 0.717) is 6.42 Å². The smallest absolute Gasteiger partial charge is 0.373 e. The minimum Gasteiger partial charge on any atom is -0.463 e. The molecule has 158 valence electrons. The highest BCUT2D eigenvalue weighted by molar-refractivity contribution is 9.10. The molecule has 1 aromatic carbocycles. The van der Waals surface area contributed by atoms with Gasteiger partial charge in [-0.3, -0.25) is 9.59 Å². The van der Waals surface area contributed by atoms with Crippen LogP contribution in [0.4, 0.5) is 0 Å². The van der Waals surface area contributed by atoms with E-state index in [1.54, 1.807) is 12.1 Å². The Morgan fingerprint density at radius 2 is 1.79 bits per heavy atom. The average molecular weight is 471 g/mol. The fourth-order valence-electron chi connectivity index (χ4n) is 2.75. The normalized spacial score (nSPS) is 21.8. The third-order valence-corrected chi connectivity index (χ3v) is 4.47. The third kappa shape index (κ3) is 7.86. The summed E-state index contributed by atoms with van der Waals surface area (Å²) in [6.45, 7) is 2.58. The van der Waals surface area contributed by atoms with Gasteiger partial charge >= 0.3 is 17.9 Å². The van der Waals surface area contributed by atoms with Gasteiger partial charge in [0.2, 0.25) is 12.0 Å². The molecule has 29 heavy (non-hydrogen) atoms. The van der Waals surface area contributed by atoms with Crippen LogP contribution in [0.2, 0.25) is 0 Å². The zero-order valence-electron chi connectivity index (χ0n) is 16.4. The van der Waals surface area contributed by atoms with Gasteiger partial charge in [0, 0.05) is 31.2 Å². The van der Waals surface area contributed by atoms with Crippen molar-refractivity contribution in [3.63, 3.8) is 0 Å². The zero-order valence-corrected chi connectivity index (χ0v) is 18.0. The molecule has 3 atom stereocenters. The van der Waals surface area contributed by atoms with Crippen LogP contribution in [0, 0.1) is 0 Å². The van der Waals surface area contributed by atoms with Gasteiger partial charge in [-0.1, -0.05) is 28.1 Å². The fourth-order valence-corrected chi connectivity index (χ4v) is 3.01. The molecule has 8 nitrogen and oxygen atoms in total. The predicted molar refractivity (Wildman–Crippen MR) is 105 cm³/mol. The Kier molecular flexibility index (Phi) is 8.66. The van der Waals surface area contributed by atoms with E-state index in [0.717, 1.165) is 10.0 Å². The van der Waals surface area contributed by atoms with Crippen LogP contribution in [0.15, 0.2) is 34.5 Å². The maximum Gasteiger partial charge on any atom is 0.373 e. The van der Waals surface area contributed by atoms with Crippen molar-refractivity contribution in [1.29, 1.82) is 0 Å². The molecular formula is C20H23BrO8. The van der Waals surface area contributed by atoms with Crippen LogP contribution in [-0.2, 0) is 38.1 Å². The topological polar surface area (TPSA) is 97.4 Å². The summed E-state index contributed by atoms with van der Waals surface area (Å²) >= 11 is 3.35. The molecule has 0 saturated carbocycles. The average Bonchev–Trinajstić information content (AvgIpc) is 2.66. The van der Waals surface area contributed by atoms with Gasteiger partial charge in [-0.15, -0.1) is 0 Å². The van der Waals surface area contributed by atoms with E-state index < -0.39 is 36.4 Å². The Hall–Kier alpha value is -2.39. The van der Waals surface area contributed by atoms with Gasteiger partial charge in [0.05, 0.1) is 13.2 Å². The van der Waals surface area contributed by atoms with Gasteiger partial charge in [-0.05, 0) is 23.8 Å². The third-order valence-electron chi connectivity index (χ3n) is 3.94. The minimum absolute atomic E-state index is 0.0169. The number of methoxy groups -OCH3 is 1. The quantitative estimate of drug-likeness (QED) is 0.259. The second-order valence-corrected chi connectivity index (χ2v) is 7.28. The van der Waals surface area contributed by atoms with Crippen molar-refractivity contribution >= 4 is 39.9 Å². The Labute approximate surface area is 177 Å². The van der Waals surface area contributed by atoms with E-state index in [2.05, 4.69) is 15.9 Å². The van der Waals surface area contributed by atoms with Gasteiger partial charge in [0.1, 0.15) is 12.7 Å². The molecule has 0 bridgehead atoms. The number of hydrogen-bond acceptors (Lipinski definition) is 8. The van der Waals surface area contributed by atoms with Crippen LogP contribution >= 0.6 is 15.9 Å². The van der Waals surface area contributed by atoms with Gasteiger partial charge in [-0.2, -0.15) is 0 Å². The molecule has 3 unspecified atom stereocenters. The number of hydrogen-bond donors (Lipinski definition) is 0. The molecule has 0 aromatic heterocycles. The van der Waals surface area contributed by atoms with Crippen molar-refractivity contribution in [3.05, 3.63) is 40.1 Å². The lowest BCUT2D eigenvalue weighted by atomic mass is 10.1. The summed E-state index contributed by atoms with van der Waals surface area (Å²) in [5.41, 5.74) is 0.720. The summed E-state index contributed by atoms with van der Waals surface area (Å²) in [5.74, 6) is -1.64. The molecule has 0 spiro atoms. The Balaban J connectivity index is 2.17. The van der Waals surface area contributed by atoms with Gasteiger partial charge in [0.25, 0.3) is 0 Å². The number of halogens is 1. The molecule has 0 radical (unpaired) electrons. The number of benzene rings is 1.